The van der Waals surface area contributed by atoms with E-state index in [-0.39, 0.29) is 5.91 Å². The van der Waals surface area contributed by atoms with Crippen molar-refractivity contribution in [2.75, 3.05) is 26.2 Å². The molecule has 2 amide bonds. The quantitative estimate of drug-likeness (QED) is 0.851. The predicted molar refractivity (Wildman–Crippen MR) is 77.8 cm³/mol. The Morgan fingerprint density at radius 3 is 2.30 bits per heavy atom. The lowest BCUT2D eigenvalue weighted by Gasteiger charge is -2.20. The number of fused-ring (bicyclic) bond motifs is 1. The van der Waals surface area contributed by atoms with Crippen LogP contribution >= 0.6 is 11.3 Å². The van der Waals surface area contributed by atoms with Gasteiger partial charge in [0, 0.05) is 13.1 Å². The van der Waals surface area contributed by atoms with Crippen LogP contribution in [0.5, 0.6) is 0 Å². The molecule has 3 heterocycles. The molecule has 0 bridgehead atoms. The average Bonchev–Trinajstić information content (AvgIpc) is 3.04. The molecule has 0 saturated carbocycles. The van der Waals surface area contributed by atoms with Gasteiger partial charge in [-0.25, -0.2) is 0 Å². The van der Waals surface area contributed by atoms with Crippen molar-refractivity contribution < 1.29 is 9.59 Å². The van der Waals surface area contributed by atoms with Crippen LogP contribution in [0.3, 0.4) is 0 Å². The highest BCUT2D eigenvalue weighted by Crippen LogP contribution is 2.28. The molecule has 0 spiro atoms. The molecular weight excluding hydrogens is 274 g/mol. The molecule has 20 heavy (non-hydrogen) atoms. The van der Waals surface area contributed by atoms with Crippen molar-refractivity contribution in [3.05, 3.63) is 21.9 Å². The summed E-state index contributed by atoms with van der Waals surface area (Å²) in [7, 11) is 0. The van der Waals surface area contributed by atoms with E-state index in [0.717, 1.165) is 39.0 Å². The van der Waals surface area contributed by atoms with E-state index >= 15 is 0 Å². The van der Waals surface area contributed by atoms with E-state index in [1.165, 1.54) is 11.3 Å². The molecule has 6 heteroatoms. The molecule has 108 valence electrons. The highest BCUT2D eigenvalue weighted by molar-refractivity contribution is 7.15. The second-order valence-corrected chi connectivity index (χ2v) is 6.66. The number of nitrogens with two attached hydrogens (primary N) is 1. The van der Waals surface area contributed by atoms with Gasteiger partial charge in [-0.05, 0) is 49.9 Å². The Balaban J connectivity index is 1.68. The van der Waals surface area contributed by atoms with Gasteiger partial charge in [0.05, 0.1) is 9.75 Å². The lowest BCUT2D eigenvalue weighted by atomic mass is 9.92. The van der Waals surface area contributed by atoms with E-state index in [4.69, 9.17) is 5.73 Å². The fraction of sp³-hybridized carbons (Fsp3) is 0.571. The maximum atomic E-state index is 12.5. The summed E-state index contributed by atoms with van der Waals surface area (Å²) in [6.07, 6.45) is 2.13. The highest BCUT2D eigenvalue weighted by Gasteiger charge is 2.32. The molecule has 0 aromatic carbocycles. The standard InChI is InChI=1S/C14H19N3O2S/c15-13(18)11-1-2-12(20-11)14(19)17-5-3-9-7-16-8-10(9)4-6-17/h1-2,9-10,16H,3-8H2,(H2,15,18)/t9-,10+. The molecule has 2 aliphatic heterocycles. The predicted octanol–water partition coefficient (Wildman–Crippen LogP) is 0.919. The summed E-state index contributed by atoms with van der Waals surface area (Å²) >= 11 is 1.19. The van der Waals surface area contributed by atoms with Gasteiger partial charge in [-0.15, -0.1) is 11.3 Å². The summed E-state index contributed by atoms with van der Waals surface area (Å²) in [4.78, 5) is 26.6. The lowest BCUT2D eigenvalue weighted by molar-refractivity contribution is 0.0763. The van der Waals surface area contributed by atoms with Crippen LogP contribution in [0.15, 0.2) is 12.1 Å². The second kappa shape index (κ2) is 5.54. The summed E-state index contributed by atoms with van der Waals surface area (Å²) in [5, 5.41) is 3.43. The SMILES string of the molecule is NC(=O)c1ccc(C(=O)N2CC[C@@H]3CNC[C@@H]3CC2)s1. The van der Waals surface area contributed by atoms with Crippen LogP contribution in [0, 0.1) is 11.8 Å². The summed E-state index contributed by atoms with van der Waals surface area (Å²) in [5.74, 6) is 0.982. The van der Waals surface area contributed by atoms with Crippen molar-refractivity contribution in [1.29, 1.82) is 0 Å². The van der Waals surface area contributed by atoms with E-state index in [0.29, 0.717) is 21.6 Å². The van der Waals surface area contributed by atoms with Gasteiger partial charge in [-0.3, -0.25) is 9.59 Å². The second-order valence-electron chi connectivity index (χ2n) is 5.58. The molecule has 0 aliphatic carbocycles. The van der Waals surface area contributed by atoms with Gasteiger partial charge in [0.1, 0.15) is 0 Å². The smallest absolute Gasteiger partial charge is 0.263 e. The third kappa shape index (κ3) is 2.58. The monoisotopic (exact) mass is 293 g/mol. The Hall–Kier alpha value is -1.40. The van der Waals surface area contributed by atoms with Gasteiger partial charge >= 0.3 is 0 Å². The Kier molecular flexibility index (Phi) is 3.76. The largest absolute Gasteiger partial charge is 0.365 e. The molecule has 2 saturated heterocycles. The summed E-state index contributed by atoms with van der Waals surface area (Å²) in [5.41, 5.74) is 5.23. The van der Waals surface area contributed by atoms with Crippen LogP contribution in [-0.2, 0) is 0 Å². The zero-order valence-electron chi connectivity index (χ0n) is 11.3. The van der Waals surface area contributed by atoms with Crippen LogP contribution < -0.4 is 11.1 Å². The number of hydrogen-bond acceptors (Lipinski definition) is 4. The highest BCUT2D eigenvalue weighted by atomic mass is 32.1. The normalized spacial score (nSPS) is 26.1. The fourth-order valence-electron chi connectivity index (χ4n) is 3.16. The van der Waals surface area contributed by atoms with Crippen molar-refractivity contribution in [3.8, 4) is 0 Å². The third-order valence-electron chi connectivity index (χ3n) is 4.37. The molecule has 5 nitrogen and oxygen atoms in total. The first-order valence-electron chi connectivity index (χ1n) is 7.05. The lowest BCUT2D eigenvalue weighted by Crippen LogP contribution is -2.32. The van der Waals surface area contributed by atoms with Gasteiger partial charge in [-0.1, -0.05) is 0 Å². The number of nitrogens with one attached hydrogen (secondary N) is 1. The van der Waals surface area contributed by atoms with Crippen molar-refractivity contribution in [2.45, 2.75) is 12.8 Å². The van der Waals surface area contributed by atoms with Crippen LogP contribution in [0.25, 0.3) is 0 Å². The Morgan fingerprint density at radius 1 is 1.15 bits per heavy atom. The Bertz CT molecular complexity index is 514. The zero-order chi connectivity index (χ0) is 14.1. The number of thiophene rings is 1. The number of amides is 2. The molecule has 0 unspecified atom stereocenters. The van der Waals surface area contributed by atoms with Crippen LogP contribution in [0.4, 0.5) is 0 Å². The molecule has 2 fully saturated rings. The van der Waals surface area contributed by atoms with Crippen molar-refractivity contribution >= 4 is 23.2 Å². The minimum Gasteiger partial charge on any atom is -0.365 e. The maximum absolute atomic E-state index is 12.5. The van der Waals surface area contributed by atoms with E-state index in [2.05, 4.69) is 5.32 Å². The summed E-state index contributed by atoms with van der Waals surface area (Å²) < 4.78 is 0. The third-order valence-corrected chi connectivity index (χ3v) is 5.45. The molecule has 3 rings (SSSR count). The van der Waals surface area contributed by atoms with Crippen molar-refractivity contribution in [3.63, 3.8) is 0 Å². The first-order chi connectivity index (χ1) is 9.65. The molecule has 2 atom stereocenters. The summed E-state index contributed by atoms with van der Waals surface area (Å²) in [6.45, 7) is 3.78. The summed E-state index contributed by atoms with van der Waals surface area (Å²) in [6, 6.07) is 3.34. The number of rotatable bonds is 2. The average molecular weight is 293 g/mol. The fourth-order valence-corrected chi connectivity index (χ4v) is 3.99. The Labute approximate surface area is 122 Å². The molecule has 1 aromatic rings. The number of hydrogen-bond donors (Lipinski definition) is 2. The van der Waals surface area contributed by atoms with Gasteiger partial charge in [0.15, 0.2) is 0 Å². The molecule has 1 aromatic heterocycles. The minimum atomic E-state index is -0.467. The van der Waals surface area contributed by atoms with Crippen LogP contribution in [0.2, 0.25) is 0 Å². The van der Waals surface area contributed by atoms with Crippen LogP contribution in [0.1, 0.15) is 32.2 Å². The Morgan fingerprint density at radius 2 is 1.75 bits per heavy atom. The van der Waals surface area contributed by atoms with Gasteiger partial charge in [0.25, 0.3) is 11.8 Å². The number of nitrogens with zero attached hydrogens (tertiary/aromatic N) is 1. The van der Waals surface area contributed by atoms with Crippen molar-refractivity contribution in [1.82, 2.24) is 10.2 Å². The van der Waals surface area contributed by atoms with Gasteiger partial charge < -0.3 is 16.0 Å². The minimum absolute atomic E-state index is 0.0374. The van der Waals surface area contributed by atoms with E-state index in [9.17, 15) is 9.59 Å². The van der Waals surface area contributed by atoms with E-state index < -0.39 is 5.91 Å². The first-order valence-corrected chi connectivity index (χ1v) is 7.86. The molecule has 0 radical (unpaired) electrons. The number of carbonyl (C=O) groups is 2. The first kappa shape index (κ1) is 13.6. The van der Waals surface area contributed by atoms with Gasteiger partial charge in [-0.2, -0.15) is 0 Å². The van der Waals surface area contributed by atoms with E-state index in [1.54, 1.807) is 12.1 Å². The molecular formula is C14H19N3O2S. The number of carbonyl (C=O) groups excluding carboxylic acids is 2. The maximum Gasteiger partial charge on any atom is 0.263 e. The van der Waals surface area contributed by atoms with E-state index in [1.807, 2.05) is 4.90 Å². The number of likely N-dealkylation sites (tertiary alicyclic amines) is 1. The van der Waals surface area contributed by atoms with Gasteiger partial charge in [0.2, 0.25) is 0 Å². The van der Waals surface area contributed by atoms with Crippen molar-refractivity contribution in [2.24, 2.45) is 17.6 Å². The molecule has 2 aliphatic rings. The zero-order valence-corrected chi connectivity index (χ0v) is 12.1. The van der Waals surface area contributed by atoms with Crippen LogP contribution in [-0.4, -0.2) is 42.9 Å². The number of primary amides is 1. The topological polar surface area (TPSA) is 75.4 Å². The molecule has 3 N–H and O–H groups in total.